The largest absolute Gasteiger partial charge is 0.205 e. The van der Waals surface area contributed by atoms with Gasteiger partial charge in [0.2, 0.25) is 0 Å². The Morgan fingerprint density at radius 2 is 1.47 bits per heavy atom. The molecule has 3 aromatic rings. The minimum absolute atomic E-state index is 0.454. The maximum Gasteiger partial charge on any atom is 0.144 e. The quantitative estimate of drug-likeness (QED) is 0.293. The summed E-state index contributed by atoms with van der Waals surface area (Å²) in [5.41, 5.74) is 7.01. The van der Waals surface area contributed by atoms with Crippen LogP contribution in [0, 0.1) is 23.0 Å². The van der Waals surface area contributed by atoms with E-state index in [2.05, 4.69) is 25.1 Å². The molecule has 0 unspecified atom stereocenters. The fraction of sp³-hybridized carbons (Fsp3) is 0.296. The van der Waals surface area contributed by atoms with E-state index in [1.165, 1.54) is 72.1 Å². The Bertz CT molecular complexity index is 1100. The smallest absolute Gasteiger partial charge is 0.144 e. The molecule has 1 nitrogen and oxygen atoms in total. The predicted octanol–water partition coefficient (Wildman–Crippen LogP) is 7.59. The fourth-order valence-electron chi connectivity index (χ4n) is 4.38. The van der Waals surface area contributed by atoms with Gasteiger partial charge in [0.1, 0.15) is 23.3 Å². The normalized spacial score (nSPS) is 11.8. The van der Waals surface area contributed by atoms with E-state index in [0.717, 1.165) is 18.4 Å². The first-order valence-electron chi connectivity index (χ1n) is 10.8. The van der Waals surface area contributed by atoms with Crippen LogP contribution >= 0.6 is 0 Å². The Morgan fingerprint density at radius 3 is 2.17 bits per heavy atom. The van der Waals surface area contributed by atoms with E-state index in [-0.39, 0.29) is 0 Å². The van der Waals surface area contributed by atoms with E-state index in [0.29, 0.717) is 5.56 Å². The van der Waals surface area contributed by atoms with Crippen molar-refractivity contribution in [1.82, 2.24) is 0 Å². The molecule has 30 heavy (non-hydrogen) atoms. The lowest BCUT2D eigenvalue weighted by Crippen LogP contribution is -1.92. The van der Waals surface area contributed by atoms with Crippen LogP contribution in [0.5, 0.6) is 0 Å². The summed E-state index contributed by atoms with van der Waals surface area (Å²) in [5.74, 6) is -1.64. The van der Waals surface area contributed by atoms with E-state index in [9.17, 15) is 8.78 Å². The van der Waals surface area contributed by atoms with Crippen LogP contribution in [-0.4, -0.2) is 0 Å². The first-order valence-corrected chi connectivity index (χ1v) is 10.8. The van der Waals surface area contributed by atoms with Crippen molar-refractivity contribution < 1.29 is 8.78 Å². The Hall–Kier alpha value is -2.99. The summed E-state index contributed by atoms with van der Waals surface area (Å²) in [7, 11) is 0. The van der Waals surface area contributed by atoms with Gasteiger partial charge in [-0.1, -0.05) is 69.0 Å². The SMILES string of the molecule is CCCCCCCc1ccc2c(c1)Cc1cc(-c3cc(F)c(C#N)c(F)c3)ccc1-2. The number of hydrogen-bond donors (Lipinski definition) is 0. The van der Waals surface area contributed by atoms with Gasteiger partial charge in [0.15, 0.2) is 0 Å². The van der Waals surface area contributed by atoms with Gasteiger partial charge in [-0.25, -0.2) is 8.78 Å². The van der Waals surface area contributed by atoms with Gasteiger partial charge in [0.25, 0.3) is 0 Å². The second kappa shape index (κ2) is 8.79. The zero-order valence-electron chi connectivity index (χ0n) is 17.3. The topological polar surface area (TPSA) is 23.8 Å². The van der Waals surface area contributed by atoms with Crippen LogP contribution in [0.15, 0.2) is 48.5 Å². The minimum Gasteiger partial charge on any atom is -0.205 e. The van der Waals surface area contributed by atoms with Crippen molar-refractivity contribution in [2.24, 2.45) is 0 Å². The first-order chi connectivity index (χ1) is 14.6. The van der Waals surface area contributed by atoms with Gasteiger partial charge in [-0.3, -0.25) is 0 Å². The molecule has 1 aliphatic carbocycles. The molecule has 0 aliphatic heterocycles. The average Bonchev–Trinajstić information content (AvgIpc) is 3.10. The molecule has 0 saturated heterocycles. The Kier molecular flexibility index (Phi) is 5.95. The molecule has 152 valence electrons. The van der Waals surface area contributed by atoms with Gasteiger partial charge >= 0.3 is 0 Å². The van der Waals surface area contributed by atoms with Gasteiger partial charge in [0.05, 0.1) is 0 Å². The van der Waals surface area contributed by atoms with Crippen molar-refractivity contribution in [3.63, 3.8) is 0 Å². The molecule has 0 N–H and O–H groups in total. The number of rotatable bonds is 7. The zero-order chi connectivity index (χ0) is 21.1. The van der Waals surface area contributed by atoms with Crippen LogP contribution in [0.4, 0.5) is 8.78 Å². The van der Waals surface area contributed by atoms with Gasteiger partial charge in [-0.15, -0.1) is 0 Å². The molecule has 0 spiro atoms. The molecule has 0 bridgehead atoms. The third kappa shape index (κ3) is 4.00. The van der Waals surface area contributed by atoms with Crippen molar-refractivity contribution in [2.75, 3.05) is 0 Å². The van der Waals surface area contributed by atoms with Gasteiger partial charge in [-0.2, -0.15) is 5.26 Å². The standard InChI is InChI=1S/C27H25F2N/c1-2-3-4-5-6-7-18-8-10-23-21(12-18)14-22-13-19(9-11-24(22)23)20-15-26(28)25(17-30)27(29)16-20/h8-13,15-16H,2-7,14H2,1H3. The Morgan fingerprint density at radius 1 is 0.800 bits per heavy atom. The number of nitrogens with zero attached hydrogens (tertiary/aromatic N) is 1. The molecule has 0 fully saturated rings. The summed E-state index contributed by atoms with van der Waals surface area (Å²) in [4.78, 5) is 0. The number of fused-ring (bicyclic) bond motifs is 3. The lowest BCUT2D eigenvalue weighted by atomic mass is 9.97. The fourth-order valence-corrected chi connectivity index (χ4v) is 4.38. The summed E-state index contributed by atoms with van der Waals surface area (Å²) < 4.78 is 28.1. The van der Waals surface area contributed by atoms with E-state index in [1.54, 1.807) is 6.07 Å². The Labute approximate surface area is 177 Å². The van der Waals surface area contributed by atoms with Crippen LogP contribution < -0.4 is 0 Å². The first kappa shape index (κ1) is 20.3. The molecule has 0 radical (unpaired) electrons. The molecule has 0 saturated carbocycles. The monoisotopic (exact) mass is 401 g/mol. The Balaban J connectivity index is 1.54. The number of unbranched alkanes of at least 4 members (excludes halogenated alkanes) is 4. The highest BCUT2D eigenvalue weighted by atomic mass is 19.1. The third-order valence-corrected chi connectivity index (χ3v) is 6.00. The summed E-state index contributed by atoms with van der Waals surface area (Å²) >= 11 is 0. The number of halogens is 2. The van der Waals surface area contributed by atoms with Crippen molar-refractivity contribution in [3.8, 4) is 28.3 Å². The van der Waals surface area contributed by atoms with Gasteiger partial charge in [0, 0.05) is 0 Å². The maximum atomic E-state index is 14.0. The highest BCUT2D eigenvalue weighted by molar-refractivity contribution is 5.80. The average molecular weight is 402 g/mol. The molecule has 0 aromatic heterocycles. The second-order valence-electron chi connectivity index (χ2n) is 8.13. The molecule has 0 heterocycles. The summed E-state index contributed by atoms with van der Waals surface area (Å²) in [5, 5.41) is 8.87. The van der Waals surface area contributed by atoms with Crippen molar-refractivity contribution in [2.45, 2.75) is 51.9 Å². The molecule has 0 amide bonds. The van der Waals surface area contributed by atoms with Crippen LogP contribution in [-0.2, 0) is 12.8 Å². The van der Waals surface area contributed by atoms with Crippen molar-refractivity contribution in [3.05, 3.63) is 82.4 Å². The molecule has 0 atom stereocenters. The predicted molar refractivity (Wildman–Crippen MR) is 117 cm³/mol. The second-order valence-corrected chi connectivity index (χ2v) is 8.13. The van der Waals surface area contributed by atoms with Crippen molar-refractivity contribution >= 4 is 0 Å². The van der Waals surface area contributed by atoms with E-state index < -0.39 is 17.2 Å². The molecule has 1 aliphatic rings. The molecular weight excluding hydrogens is 376 g/mol. The van der Waals surface area contributed by atoms with Crippen LogP contribution in [0.25, 0.3) is 22.3 Å². The van der Waals surface area contributed by atoms with Gasteiger partial charge in [-0.05, 0) is 70.3 Å². The highest BCUT2D eigenvalue weighted by Gasteiger charge is 2.20. The van der Waals surface area contributed by atoms with Crippen LogP contribution in [0.1, 0.15) is 61.3 Å². The van der Waals surface area contributed by atoms with E-state index in [4.69, 9.17) is 5.26 Å². The molecule has 3 aromatic carbocycles. The lowest BCUT2D eigenvalue weighted by Gasteiger charge is -2.08. The molecule has 4 rings (SSSR count). The van der Waals surface area contributed by atoms with Crippen molar-refractivity contribution in [1.29, 1.82) is 5.26 Å². The van der Waals surface area contributed by atoms with Crippen LogP contribution in [0.2, 0.25) is 0 Å². The zero-order valence-corrected chi connectivity index (χ0v) is 17.3. The number of nitriles is 1. The number of benzene rings is 3. The van der Waals surface area contributed by atoms with E-state index in [1.807, 2.05) is 18.2 Å². The molecule has 3 heteroatoms. The summed E-state index contributed by atoms with van der Waals surface area (Å²) in [6.45, 7) is 2.23. The summed E-state index contributed by atoms with van der Waals surface area (Å²) in [6.07, 6.45) is 8.35. The maximum absolute atomic E-state index is 14.0. The lowest BCUT2D eigenvalue weighted by molar-refractivity contribution is 0.577. The van der Waals surface area contributed by atoms with Gasteiger partial charge < -0.3 is 0 Å². The number of hydrogen-bond acceptors (Lipinski definition) is 1. The molecular formula is C27H25F2N. The minimum atomic E-state index is -0.820. The number of aryl methyl sites for hydroxylation is 1. The van der Waals surface area contributed by atoms with E-state index >= 15 is 0 Å². The summed E-state index contributed by atoms with van der Waals surface area (Å²) in [6, 6.07) is 16.8. The third-order valence-electron chi connectivity index (χ3n) is 6.00. The highest BCUT2D eigenvalue weighted by Crippen LogP contribution is 2.39. The van der Waals surface area contributed by atoms with Crippen LogP contribution in [0.3, 0.4) is 0 Å².